The van der Waals surface area contributed by atoms with E-state index in [2.05, 4.69) is 15.8 Å². The molecule has 7 heteroatoms. The minimum atomic E-state index is -0.310. The maximum absolute atomic E-state index is 12.8. The summed E-state index contributed by atoms with van der Waals surface area (Å²) in [5.41, 5.74) is 4.01. The van der Waals surface area contributed by atoms with Gasteiger partial charge in [-0.05, 0) is 48.6 Å². The Morgan fingerprint density at radius 1 is 1.14 bits per heavy atom. The molecule has 0 aliphatic heterocycles. The monoisotopic (exact) mass is 341 g/mol. The van der Waals surface area contributed by atoms with Crippen molar-refractivity contribution in [2.24, 2.45) is 5.10 Å². The van der Waals surface area contributed by atoms with Crippen molar-refractivity contribution in [2.45, 2.75) is 0 Å². The molecule has 0 unspecified atom stereocenters. The van der Waals surface area contributed by atoms with E-state index in [4.69, 9.17) is 35.4 Å². The van der Waals surface area contributed by atoms with E-state index in [1.165, 1.54) is 18.3 Å². The van der Waals surface area contributed by atoms with Crippen LogP contribution in [0.1, 0.15) is 5.56 Å². The number of nitrogens with one attached hydrogen (secondary N) is 2. The fraction of sp³-hybridized carbons (Fsp3) is 0. The molecule has 0 saturated carbocycles. The van der Waals surface area contributed by atoms with Gasteiger partial charge in [0.15, 0.2) is 5.11 Å². The quantitative estimate of drug-likeness (QED) is 0.491. The number of anilines is 1. The molecular weight excluding hydrogens is 332 g/mol. The SMILES string of the molecule is Fc1ccc(NC(=S)NN=Cc2ccc(Cl)cc2Cl)cc1. The van der Waals surface area contributed by atoms with Gasteiger partial charge in [0.1, 0.15) is 5.82 Å². The average Bonchev–Trinajstić information content (AvgIpc) is 2.44. The first-order chi connectivity index (χ1) is 10.0. The van der Waals surface area contributed by atoms with Crippen molar-refractivity contribution in [1.82, 2.24) is 5.43 Å². The van der Waals surface area contributed by atoms with Crippen molar-refractivity contribution < 1.29 is 4.39 Å². The smallest absolute Gasteiger partial charge is 0.191 e. The topological polar surface area (TPSA) is 36.4 Å². The largest absolute Gasteiger partial charge is 0.331 e. The zero-order valence-corrected chi connectivity index (χ0v) is 12.9. The third-order valence-corrected chi connectivity index (χ3v) is 3.19. The van der Waals surface area contributed by atoms with Crippen LogP contribution >= 0.6 is 35.4 Å². The molecule has 0 aliphatic carbocycles. The van der Waals surface area contributed by atoms with Gasteiger partial charge in [0.2, 0.25) is 0 Å². The van der Waals surface area contributed by atoms with Gasteiger partial charge in [-0.2, -0.15) is 5.10 Å². The molecular formula is C14H10Cl2FN3S. The Morgan fingerprint density at radius 2 is 1.86 bits per heavy atom. The zero-order valence-electron chi connectivity index (χ0n) is 10.6. The van der Waals surface area contributed by atoms with Crippen LogP contribution in [0.5, 0.6) is 0 Å². The number of hydrogen-bond donors (Lipinski definition) is 2. The molecule has 0 atom stereocenters. The number of hydrazone groups is 1. The highest BCUT2D eigenvalue weighted by atomic mass is 35.5. The van der Waals surface area contributed by atoms with Crippen LogP contribution < -0.4 is 10.7 Å². The van der Waals surface area contributed by atoms with Crippen molar-refractivity contribution in [1.29, 1.82) is 0 Å². The Morgan fingerprint density at radius 3 is 2.52 bits per heavy atom. The first-order valence-corrected chi connectivity index (χ1v) is 7.02. The summed E-state index contributed by atoms with van der Waals surface area (Å²) >= 11 is 16.9. The minimum Gasteiger partial charge on any atom is -0.331 e. The van der Waals surface area contributed by atoms with Gasteiger partial charge in [-0.15, -0.1) is 0 Å². The number of halogens is 3. The second-order valence-corrected chi connectivity index (χ2v) is 5.25. The van der Waals surface area contributed by atoms with Gasteiger partial charge < -0.3 is 5.32 Å². The van der Waals surface area contributed by atoms with E-state index < -0.39 is 0 Å². The lowest BCUT2D eigenvalue weighted by Crippen LogP contribution is -2.23. The molecule has 2 aromatic rings. The van der Waals surface area contributed by atoms with E-state index in [1.54, 1.807) is 30.3 Å². The lowest BCUT2D eigenvalue weighted by atomic mass is 10.2. The second-order valence-electron chi connectivity index (χ2n) is 4.00. The van der Waals surface area contributed by atoms with Crippen LogP contribution in [0.3, 0.4) is 0 Å². The van der Waals surface area contributed by atoms with Crippen LogP contribution in [0.4, 0.5) is 10.1 Å². The Hall–Kier alpha value is -1.69. The Kier molecular flexibility index (Phi) is 5.50. The first-order valence-electron chi connectivity index (χ1n) is 5.85. The van der Waals surface area contributed by atoms with Gasteiger partial charge in [-0.1, -0.05) is 29.3 Å². The second kappa shape index (κ2) is 7.36. The van der Waals surface area contributed by atoms with Crippen molar-refractivity contribution in [2.75, 3.05) is 5.32 Å². The van der Waals surface area contributed by atoms with E-state index in [0.29, 0.717) is 21.3 Å². The fourth-order valence-electron chi connectivity index (χ4n) is 1.46. The summed E-state index contributed by atoms with van der Waals surface area (Å²) in [4.78, 5) is 0. The molecule has 0 amide bonds. The van der Waals surface area contributed by atoms with Gasteiger partial charge in [-0.3, -0.25) is 5.43 Å². The van der Waals surface area contributed by atoms with Crippen molar-refractivity contribution in [3.8, 4) is 0 Å². The van der Waals surface area contributed by atoms with Gasteiger partial charge in [0.05, 0.1) is 11.2 Å². The maximum Gasteiger partial charge on any atom is 0.191 e. The van der Waals surface area contributed by atoms with Gasteiger partial charge in [0, 0.05) is 16.3 Å². The van der Waals surface area contributed by atoms with Crippen LogP contribution in [0.15, 0.2) is 47.6 Å². The van der Waals surface area contributed by atoms with Crippen molar-refractivity contribution in [3.05, 3.63) is 63.9 Å². The standard InChI is InChI=1S/C14H10Cl2FN3S/c15-10-2-1-9(13(16)7-10)8-18-20-14(21)19-12-5-3-11(17)4-6-12/h1-8H,(H2,19,20,21). The van der Waals surface area contributed by atoms with Crippen LogP contribution in [-0.4, -0.2) is 11.3 Å². The summed E-state index contributed by atoms with van der Waals surface area (Å²) in [5, 5.41) is 8.16. The maximum atomic E-state index is 12.8. The molecule has 0 saturated heterocycles. The lowest BCUT2D eigenvalue weighted by Gasteiger charge is -2.06. The summed E-state index contributed by atoms with van der Waals surface area (Å²) in [6, 6.07) is 10.9. The zero-order chi connectivity index (χ0) is 15.2. The molecule has 0 aliphatic rings. The molecule has 2 aromatic carbocycles. The number of nitrogens with zero attached hydrogens (tertiary/aromatic N) is 1. The molecule has 0 spiro atoms. The van der Waals surface area contributed by atoms with Gasteiger partial charge >= 0.3 is 0 Å². The Labute approximate surface area is 136 Å². The van der Waals surface area contributed by atoms with Crippen molar-refractivity contribution in [3.63, 3.8) is 0 Å². The first kappa shape index (κ1) is 15.7. The van der Waals surface area contributed by atoms with Crippen LogP contribution in [0.2, 0.25) is 10.0 Å². The lowest BCUT2D eigenvalue weighted by molar-refractivity contribution is 0.628. The summed E-state index contributed by atoms with van der Waals surface area (Å²) in [5.74, 6) is -0.310. The minimum absolute atomic E-state index is 0.281. The molecule has 0 fully saturated rings. The van der Waals surface area contributed by atoms with E-state index in [1.807, 2.05) is 0 Å². The summed E-state index contributed by atoms with van der Waals surface area (Å²) in [7, 11) is 0. The molecule has 21 heavy (non-hydrogen) atoms. The van der Waals surface area contributed by atoms with E-state index in [9.17, 15) is 4.39 Å². The number of thiocarbonyl (C=S) groups is 1. The van der Waals surface area contributed by atoms with Crippen LogP contribution in [0, 0.1) is 5.82 Å². The van der Waals surface area contributed by atoms with Crippen LogP contribution in [0.25, 0.3) is 0 Å². The van der Waals surface area contributed by atoms with Crippen LogP contribution in [-0.2, 0) is 0 Å². The highest BCUT2D eigenvalue weighted by Crippen LogP contribution is 2.19. The summed E-state index contributed by atoms with van der Waals surface area (Å²) in [6.07, 6.45) is 1.53. The number of rotatable bonds is 3. The highest BCUT2D eigenvalue weighted by Gasteiger charge is 1.99. The molecule has 2 N–H and O–H groups in total. The number of benzene rings is 2. The fourth-order valence-corrected chi connectivity index (χ4v) is 2.09. The summed E-state index contributed by atoms with van der Waals surface area (Å²) < 4.78 is 12.8. The summed E-state index contributed by atoms with van der Waals surface area (Å²) in [6.45, 7) is 0. The predicted molar refractivity (Wildman–Crippen MR) is 89.8 cm³/mol. The van der Waals surface area contributed by atoms with E-state index in [0.717, 1.165) is 0 Å². The van der Waals surface area contributed by atoms with E-state index >= 15 is 0 Å². The molecule has 3 nitrogen and oxygen atoms in total. The molecule has 2 rings (SSSR count). The Balaban J connectivity index is 1.91. The average molecular weight is 342 g/mol. The van der Waals surface area contributed by atoms with Gasteiger partial charge in [-0.25, -0.2) is 4.39 Å². The molecule has 108 valence electrons. The molecule has 0 heterocycles. The predicted octanol–water partition coefficient (Wildman–Crippen LogP) is 4.45. The van der Waals surface area contributed by atoms with Gasteiger partial charge in [0.25, 0.3) is 0 Å². The number of hydrogen-bond acceptors (Lipinski definition) is 2. The molecule has 0 bridgehead atoms. The highest BCUT2D eigenvalue weighted by molar-refractivity contribution is 7.80. The molecule has 0 aromatic heterocycles. The van der Waals surface area contributed by atoms with Crippen molar-refractivity contribution >= 4 is 52.4 Å². The Bertz CT molecular complexity index is 674. The normalized spacial score (nSPS) is 10.6. The van der Waals surface area contributed by atoms with E-state index in [-0.39, 0.29) is 10.9 Å². The molecule has 0 radical (unpaired) electrons. The third kappa shape index (κ3) is 4.97. The third-order valence-electron chi connectivity index (χ3n) is 2.43.